The lowest BCUT2D eigenvalue weighted by Gasteiger charge is -2.18. The molecule has 0 radical (unpaired) electrons. The van der Waals surface area contributed by atoms with Gasteiger partial charge in [-0.15, -0.1) is 0 Å². The van der Waals surface area contributed by atoms with Crippen LogP contribution in [0.25, 0.3) is 0 Å². The third-order valence-electron chi connectivity index (χ3n) is 3.92. The van der Waals surface area contributed by atoms with Gasteiger partial charge in [0.05, 0.1) is 12.6 Å². The molecule has 1 aliphatic rings. The van der Waals surface area contributed by atoms with Crippen LogP contribution in [0.2, 0.25) is 0 Å². The fourth-order valence-corrected chi connectivity index (χ4v) is 4.01. The molecule has 1 unspecified atom stereocenters. The molecule has 2 aromatic carbocycles. The number of rotatable bonds is 2. The lowest BCUT2D eigenvalue weighted by atomic mass is 9.85. The highest BCUT2D eigenvalue weighted by Gasteiger charge is 2.32. The molecule has 0 fully saturated rings. The van der Waals surface area contributed by atoms with Crippen LogP contribution in [0.4, 0.5) is 0 Å². The van der Waals surface area contributed by atoms with Crippen LogP contribution in [-0.2, 0) is 5.41 Å². The molecule has 1 aliphatic heterocycles. The number of hydrogen-bond donors (Lipinski definition) is 1. The third kappa shape index (κ3) is 2.89. The third-order valence-corrected chi connectivity index (χ3v) is 4.84. The molecule has 0 aliphatic carbocycles. The van der Waals surface area contributed by atoms with E-state index in [1.54, 1.807) is 0 Å². The second-order valence-corrected chi connectivity index (χ2v) is 7.94. The van der Waals surface area contributed by atoms with E-state index in [2.05, 4.69) is 70.0 Å². The molecule has 0 saturated carbocycles. The zero-order valence-corrected chi connectivity index (χ0v) is 15.2. The molecule has 0 spiro atoms. The Morgan fingerprint density at radius 2 is 1.71 bits per heavy atom. The van der Waals surface area contributed by atoms with E-state index >= 15 is 0 Å². The summed E-state index contributed by atoms with van der Waals surface area (Å²) >= 11 is 7.03. The van der Waals surface area contributed by atoms with Crippen molar-refractivity contribution in [1.82, 2.24) is 0 Å². The number of fused-ring (bicyclic) bond motifs is 1. The Morgan fingerprint density at radius 1 is 1.05 bits per heavy atom. The molecule has 1 heterocycles. The first kappa shape index (κ1) is 15.1. The monoisotopic (exact) mass is 409 g/mol. The van der Waals surface area contributed by atoms with Gasteiger partial charge in [-0.3, -0.25) is 0 Å². The van der Waals surface area contributed by atoms with E-state index in [1.807, 2.05) is 12.1 Å². The van der Waals surface area contributed by atoms with E-state index in [-0.39, 0.29) is 11.5 Å². The zero-order chi connectivity index (χ0) is 15.2. The second-order valence-electron chi connectivity index (χ2n) is 6.11. The van der Waals surface area contributed by atoms with E-state index in [1.165, 1.54) is 5.56 Å². The maximum absolute atomic E-state index is 6.45. The summed E-state index contributed by atoms with van der Waals surface area (Å²) in [7, 11) is 0. The average molecular weight is 411 g/mol. The average Bonchev–Trinajstić information content (AvgIpc) is 2.72. The fourth-order valence-electron chi connectivity index (χ4n) is 2.68. The molecule has 2 aromatic rings. The molecule has 0 aromatic heterocycles. The van der Waals surface area contributed by atoms with Gasteiger partial charge in [0.2, 0.25) is 0 Å². The van der Waals surface area contributed by atoms with Gasteiger partial charge in [0.15, 0.2) is 0 Å². The van der Waals surface area contributed by atoms with Crippen LogP contribution < -0.4 is 10.5 Å². The second kappa shape index (κ2) is 5.41. The van der Waals surface area contributed by atoms with Crippen molar-refractivity contribution in [3.63, 3.8) is 0 Å². The fraction of sp³-hybridized carbons (Fsp3) is 0.294. The van der Waals surface area contributed by atoms with Crippen molar-refractivity contribution < 1.29 is 4.74 Å². The zero-order valence-electron chi connectivity index (χ0n) is 12.0. The van der Waals surface area contributed by atoms with E-state index in [9.17, 15) is 0 Å². The van der Waals surface area contributed by atoms with Crippen molar-refractivity contribution in [3.05, 3.63) is 62.0 Å². The van der Waals surface area contributed by atoms with Crippen molar-refractivity contribution >= 4 is 31.9 Å². The Balaban J connectivity index is 2.01. The van der Waals surface area contributed by atoms with Gasteiger partial charge in [-0.25, -0.2) is 0 Å². The summed E-state index contributed by atoms with van der Waals surface area (Å²) in [5, 5.41) is 0. The number of halogens is 2. The lowest BCUT2D eigenvalue weighted by molar-refractivity contribution is 0.291. The molecule has 0 saturated heterocycles. The van der Waals surface area contributed by atoms with Crippen LogP contribution >= 0.6 is 31.9 Å². The summed E-state index contributed by atoms with van der Waals surface area (Å²) in [6, 6.07) is 12.2. The van der Waals surface area contributed by atoms with Gasteiger partial charge in [0, 0.05) is 19.9 Å². The molecule has 4 heteroatoms. The molecule has 110 valence electrons. The standard InChI is InChI=1S/C17H17Br2NO/c1-17(2)9-21-15-4-3-10(7-14(15)17)16(20)11-5-12(18)8-13(19)6-11/h3-8,16H,9,20H2,1-2H3. The smallest absolute Gasteiger partial charge is 0.123 e. The number of nitrogens with two attached hydrogens (primary N) is 1. The normalized spacial score (nSPS) is 17.2. The van der Waals surface area contributed by atoms with Gasteiger partial charge in [0.25, 0.3) is 0 Å². The lowest BCUT2D eigenvalue weighted by Crippen LogP contribution is -2.19. The van der Waals surface area contributed by atoms with Gasteiger partial charge in [-0.2, -0.15) is 0 Å². The molecule has 21 heavy (non-hydrogen) atoms. The SMILES string of the molecule is CC1(C)COc2ccc(C(N)c3cc(Br)cc(Br)c3)cc21. The molecule has 0 amide bonds. The Morgan fingerprint density at radius 3 is 2.38 bits per heavy atom. The van der Waals surface area contributed by atoms with Crippen molar-refractivity contribution in [3.8, 4) is 5.75 Å². The molecular weight excluding hydrogens is 394 g/mol. The summed E-state index contributed by atoms with van der Waals surface area (Å²) in [5.74, 6) is 0.978. The molecule has 1 atom stereocenters. The molecule has 0 bridgehead atoms. The number of ether oxygens (including phenoxy) is 1. The van der Waals surface area contributed by atoms with Crippen LogP contribution in [-0.4, -0.2) is 6.61 Å². The predicted octanol–water partition coefficient (Wildman–Crippen LogP) is 4.93. The van der Waals surface area contributed by atoms with Crippen molar-refractivity contribution in [1.29, 1.82) is 0 Å². The van der Waals surface area contributed by atoms with Crippen molar-refractivity contribution in [2.45, 2.75) is 25.3 Å². The van der Waals surface area contributed by atoms with Crippen LogP contribution in [0.3, 0.4) is 0 Å². The first-order valence-electron chi connectivity index (χ1n) is 6.86. The Hall–Kier alpha value is -0.840. The van der Waals surface area contributed by atoms with Gasteiger partial charge in [-0.05, 0) is 41.5 Å². The quantitative estimate of drug-likeness (QED) is 0.761. The summed E-state index contributed by atoms with van der Waals surface area (Å²) in [6.07, 6.45) is 0. The first-order chi connectivity index (χ1) is 9.87. The topological polar surface area (TPSA) is 35.2 Å². The molecular formula is C17H17Br2NO. The molecule has 2 nitrogen and oxygen atoms in total. The van der Waals surface area contributed by atoms with Gasteiger partial charge in [0.1, 0.15) is 5.75 Å². The van der Waals surface area contributed by atoms with Gasteiger partial charge in [-0.1, -0.05) is 51.8 Å². The summed E-state index contributed by atoms with van der Waals surface area (Å²) in [6.45, 7) is 5.12. The maximum atomic E-state index is 6.45. The summed E-state index contributed by atoms with van der Waals surface area (Å²) in [5.41, 5.74) is 9.92. The van der Waals surface area contributed by atoms with Crippen molar-refractivity contribution in [2.24, 2.45) is 5.73 Å². The highest BCUT2D eigenvalue weighted by atomic mass is 79.9. The minimum Gasteiger partial charge on any atom is -0.492 e. The minimum absolute atomic E-state index is 0.0446. The van der Waals surface area contributed by atoms with Gasteiger partial charge >= 0.3 is 0 Å². The van der Waals surface area contributed by atoms with E-state index < -0.39 is 0 Å². The largest absolute Gasteiger partial charge is 0.492 e. The van der Waals surface area contributed by atoms with Gasteiger partial charge < -0.3 is 10.5 Å². The number of hydrogen-bond acceptors (Lipinski definition) is 2. The van der Waals surface area contributed by atoms with Crippen LogP contribution in [0.5, 0.6) is 5.75 Å². The number of benzene rings is 2. The Labute approximate surface area is 141 Å². The predicted molar refractivity (Wildman–Crippen MR) is 92.8 cm³/mol. The molecule has 3 rings (SSSR count). The van der Waals surface area contributed by atoms with E-state index in [0.29, 0.717) is 0 Å². The summed E-state index contributed by atoms with van der Waals surface area (Å²) in [4.78, 5) is 0. The van der Waals surface area contributed by atoms with Crippen LogP contribution in [0.15, 0.2) is 45.3 Å². The maximum Gasteiger partial charge on any atom is 0.123 e. The van der Waals surface area contributed by atoms with Crippen molar-refractivity contribution in [2.75, 3.05) is 6.61 Å². The highest BCUT2D eigenvalue weighted by Crippen LogP contribution is 2.40. The highest BCUT2D eigenvalue weighted by molar-refractivity contribution is 9.11. The Kier molecular flexibility index (Phi) is 3.89. The van der Waals surface area contributed by atoms with E-state index in [0.717, 1.165) is 32.4 Å². The first-order valence-corrected chi connectivity index (χ1v) is 8.44. The summed E-state index contributed by atoms with van der Waals surface area (Å²) < 4.78 is 7.78. The molecule has 2 N–H and O–H groups in total. The van der Waals surface area contributed by atoms with E-state index in [4.69, 9.17) is 10.5 Å². The van der Waals surface area contributed by atoms with Crippen LogP contribution in [0.1, 0.15) is 36.6 Å². The van der Waals surface area contributed by atoms with Crippen LogP contribution in [0, 0.1) is 0 Å². The Bertz CT molecular complexity index is 677. The minimum atomic E-state index is -0.152.